The van der Waals surface area contributed by atoms with E-state index in [1.165, 1.54) is 0 Å². The maximum absolute atomic E-state index is 11.4. The number of pyridine rings is 1. The van der Waals surface area contributed by atoms with E-state index >= 15 is 0 Å². The van der Waals surface area contributed by atoms with Crippen molar-refractivity contribution in [2.45, 2.75) is 13.0 Å². The summed E-state index contributed by atoms with van der Waals surface area (Å²) in [5.41, 5.74) is 0.910. The number of aromatic nitrogens is 1. The number of rotatable bonds is 4. The molecule has 0 radical (unpaired) electrons. The lowest BCUT2D eigenvalue weighted by molar-refractivity contribution is 0.278. The summed E-state index contributed by atoms with van der Waals surface area (Å²) in [6.07, 6.45) is 2.39. The Balaban J connectivity index is 1.93. The van der Waals surface area contributed by atoms with Gasteiger partial charge in [0.05, 0.1) is 22.2 Å². The summed E-state index contributed by atoms with van der Waals surface area (Å²) in [7, 11) is -0.817. The van der Waals surface area contributed by atoms with Gasteiger partial charge in [-0.2, -0.15) is 0 Å². The van der Waals surface area contributed by atoms with Crippen molar-refractivity contribution in [3.8, 4) is 0 Å². The third kappa shape index (κ3) is 4.41. The van der Waals surface area contributed by atoms with Crippen LogP contribution in [0.3, 0.4) is 0 Å². The first-order valence-corrected chi connectivity index (χ1v) is 9.04. The maximum Gasteiger partial charge on any atom is 0.150 e. The zero-order valence-corrected chi connectivity index (χ0v) is 13.8. The second-order valence-corrected chi connectivity index (χ2v) is 8.57. The highest BCUT2D eigenvalue weighted by molar-refractivity contribution is 9.10. The molecule has 2 heterocycles. The number of hydrogen-bond acceptors (Lipinski definition) is 4. The first-order chi connectivity index (χ1) is 8.85. The largest absolute Gasteiger partial charge is 0.300 e. The van der Waals surface area contributed by atoms with Gasteiger partial charge in [0.1, 0.15) is 0 Å². The van der Waals surface area contributed by atoms with E-state index in [-0.39, 0.29) is 5.92 Å². The average Bonchev–Trinajstić information content (AvgIpc) is 2.62. The summed E-state index contributed by atoms with van der Waals surface area (Å²) in [6.45, 7) is 1.45. The molecule has 0 aliphatic carbocycles. The molecule has 0 bridgehead atoms. The van der Waals surface area contributed by atoms with E-state index in [0.717, 1.165) is 23.1 Å². The fourth-order valence-electron chi connectivity index (χ4n) is 2.34. The van der Waals surface area contributed by atoms with E-state index in [4.69, 9.17) is 11.6 Å². The summed E-state index contributed by atoms with van der Waals surface area (Å²) in [6, 6.07) is 1.82. The van der Waals surface area contributed by atoms with E-state index < -0.39 is 9.84 Å². The fraction of sp³-hybridized carbons (Fsp3) is 0.583. The first-order valence-electron chi connectivity index (χ1n) is 6.04. The molecule has 7 heteroatoms. The Morgan fingerprint density at radius 3 is 2.89 bits per heavy atom. The molecule has 0 aromatic carbocycles. The predicted molar refractivity (Wildman–Crippen MR) is 80.0 cm³/mol. The molecule has 1 unspecified atom stereocenters. The van der Waals surface area contributed by atoms with Gasteiger partial charge in [-0.05, 0) is 41.4 Å². The SMILES string of the molecule is CN(Cc1ncc(Cl)cc1Br)CC1CCS(=O)(=O)C1. The first kappa shape index (κ1) is 15.2. The fourth-order valence-corrected chi connectivity index (χ4v) is 4.95. The second kappa shape index (κ2) is 6.08. The third-order valence-electron chi connectivity index (χ3n) is 3.20. The molecule has 0 saturated carbocycles. The zero-order valence-electron chi connectivity index (χ0n) is 10.6. The molecule has 1 aliphatic rings. The molecule has 106 valence electrons. The van der Waals surface area contributed by atoms with Gasteiger partial charge in [-0.3, -0.25) is 4.98 Å². The van der Waals surface area contributed by atoms with E-state index in [0.29, 0.717) is 23.1 Å². The van der Waals surface area contributed by atoms with Crippen LogP contribution in [0.4, 0.5) is 0 Å². The number of hydrogen-bond donors (Lipinski definition) is 0. The van der Waals surface area contributed by atoms with Crippen LogP contribution in [0.1, 0.15) is 12.1 Å². The van der Waals surface area contributed by atoms with Crippen molar-refractivity contribution in [2.24, 2.45) is 5.92 Å². The molecule has 0 N–H and O–H groups in total. The maximum atomic E-state index is 11.4. The van der Waals surface area contributed by atoms with Crippen molar-refractivity contribution >= 4 is 37.4 Å². The Morgan fingerprint density at radius 1 is 1.58 bits per heavy atom. The van der Waals surface area contributed by atoms with E-state index in [1.54, 1.807) is 6.20 Å². The minimum Gasteiger partial charge on any atom is -0.300 e. The highest BCUT2D eigenvalue weighted by Crippen LogP contribution is 2.22. The van der Waals surface area contributed by atoms with Gasteiger partial charge in [-0.15, -0.1) is 0 Å². The van der Waals surface area contributed by atoms with Crippen molar-refractivity contribution in [2.75, 3.05) is 25.1 Å². The molecular formula is C12H16BrClN2O2S. The molecule has 1 saturated heterocycles. The van der Waals surface area contributed by atoms with Gasteiger partial charge in [-0.1, -0.05) is 11.6 Å². The van der Waals surface area contributed by atoms with Gasteiger partial charge >= 0.3 is 0 Å². The minimum absolute atomic E-state index is 0.237. The van der Waals surface area contributed by atoms with Crippen LogP contribution in [-0.2, 0) is 16.4 Å². The van der Waals surface area contributed by atoms with Crippen LogP contribution >= 0.6 is 27.5 Å². The lowest BCUT2D eigenvalue weighted by Gasteiger charge is -2.20. The third-order valence-corrected chi connectivity index (χ3v) is 5.93. The molecule has 1 fully saturated rings. The molecule has 0 amide bonds. The number of sulfone groups is 1. The lowest BCUT2D eigenvalue weighted by atomic mass is 10.1. The van der Waals surface area contributed by atoms with Crippen LogP contribution in [0.25, 0.3) is 0 Å². The molecule has 1 aromatic rings. The quantitative estimate of drug-likeness (QED) is 0.820. The number of nitrogens with zero attached hydrogens (tertiary/aromatic N) is 2. The van der Waals surface area contributed by atoms with Gasteiger partial charge in [0.15, 0.2) is 9.84 Å². The van der Waals surface area contributed by atoms with Crippen LogP contribution in [-0.4, -0.2) is 43.4 Å². The Morgan fingerprint density at radius 2 is 2.32 bits per heavy atom. The average molecular weight is 368 g/mol. The summed E-state index contributed by atoms with van der Waals surface area (Å²) in [5, 5.41) is 0.597. The van der Waals surface area contributed by atoms with Gasteiger partial charge in [-0.25, -0.2) is 8.42 Å². The Kier molecular flexibility index (Phi) is 4.87. The molecule has 1 aliphatic heterocycles. The van der Waals surface area contributed by atoms with Gasteiger partial charge < -0.3 is 4.90 Å². The highest BCUT2D eigenvalue weighted by Gasteiger charge is 2.28. The highest BCUT2D eigenvalue weighted by atomic mass is 79.9. The van der Waals surface area contributed by atoms with Crippen LogP contribution in [0.15, 0.2) is 16.7 Å². The van der Waals surface area contributed by atoms with Crippen LogP contribution in [0.5, 0.6) is 0 Å². The molecular weight excluding hydrogens is 352 g/mol. The summed E-state index contributed by atoms with van der Waals surface area (Å²) >= 11 is 9.29. The second-order valence-electron chi connectivity index (χ2n) is 5.05. The monoisotopic (exact) mass is 366 g/mol. The predicted octanol–water partition coefficient (Wildman–Crippen LogP) is 2.36. The van der Waals surface area contributed by atoms with Crippen molar-refractivity contribution in [1.82, 2.24) is 9.88 Å². The Labute approximate surface area is 127 Å². The Bertz CT molecular complexity index is 565. The zero-order chi connectivity index (χ0) is 14.0. The topological polar surface area (TPSA) is 50.3 Å². The smallest absolute Gasteiger partial charge is 0.150 e. The lowest BCUT2D eigenvalue weighted by Crippen LogP contribution is -2.26. The van der Waals surface area contributed by atoms with Crippen LogP contribution in [0.2, 0.25) is 5.02 Å². The Hall–Kier alpha value is -0.170. The van der Waals surface area contributed by atoms with Crippen molar-refractivity contribution in [3.05, 3.63) is 27.5 Å². The van der Waals surface area contributed by atoms with Crippen molar-refractivity contribution in [1.29, 1.82) is 0 Å². The van der Waals surface area contributed by atoms with Gasteiger partial charge in [0.25, 0.3) is 0 Å². The standard InChI is InChI=1S/C12H16BrClN2O2S/c1-16(6-9-2-3-19(17,18)8-9)7-12-11(13)4-10(14)5-15-12/h4-5,9H,2-3,6-8H2,1H3. The van der Waals surface area contributed by atoms with Crippen molar-refractivity contribution in [3.63, 3.8) is 0 Å². The molecule has 1 aromatic heterocycles. The summed E-state index contributed by atoms with van der Waals surface area (Å²) in [5.74, 6) is 0.877. The van der Waals surface area contributed by atoms with Crippen LogP contribution < -0.4 is 0 Å². The molecule has 4 nitrogen and oxygen atoms in total. The molecule has 19 heavy (non-hydrogen) atoms. The normalized spacial score (nSPS) is 22.0. The van der Waals surface area contributed by atoms with Crippen LogP contribution in [0, 0.1) is 5.92 Å². The summed E-state index contributed by atoms with van der Waals surface area (Å²) < 4.78 is 23.7. The molecule has 1 atom stereocenters. The molecule has 0 spiro atoms. The minimum atomic E-state index is -2.80. The number of halogens is 2. The van der Waals surface area contributed by atoms with Crippen molar-refractivity contribution < 1.29 is 8.42 Å². The van der Waals surface area contributed by atoms with Gasteiger partial charge in [0.2, 0.25) is 0 Å². The summed E-state index contributed by atoms with van der Waals surface area (Å²) in [4.78, 5) is 6.39. The van der Waals surface area contributed by atoms with E-state index in [9.17, 15) is 8.42 Å². The van der Waals surface area contributed by atoms with E-state index in [2.05, 4.69) is 25.8 Å². The van der Waals surface area contributed by atoms with Gasteiger partial charge in [0, 0.05) is 23.8 Å². The molecule has 2 rings (SSSR count). The van der Waals surface area contributed by atoms with E-state index in [1.807, 2.05) is 13.1 Å².